The van der Waals surface area contributed by atoms with Gasteiger partial charge in [0.2, 0.25) is 5.91 Å². The first kappa shape index (κ1) is 34.2. The lowest BCUT2D eigenvalue weighted by molar-refractivity contribution is -0.129. The van der Waals surface area contributed by atoms with Crippen molar-refractivity contribution in [1.29, 1.82) is 0 Å². The summed E-state index contributed by atoms with van der Waals surface area (Å²) < 4.78 is 23.3. The zero-order chi connectivity index (χ0) is 33.6. The molecule has 10 nitrogen and oxygen atoms in total. The third-order valence-electron chi connectivity index (χ3n) is 8.46. The number of rotatable bonds is 9. The molecule has 47 heavy (non-hydrogen) atoms. The number of nitrogens with zero attached hydrogens (tertiary/aromatic N) is 2. The molecule has 0 aliphatic carbocycles. The minimum atomic E-state index is -0.414. The summed E-state index contributed by atoms with van der Waals surface area (Å²) in [6.45, 7) is 15.8. The lowest BCUT2D eigenvalue weighted by atomic mass is 9.85. The van der Waals surface area contributed by atoms with Crippen LogP contribution in [0.2, 0.25) is 0 Å². The Morgan fingerprint density at radius 3 is 2.32 bits per heavy atom. The molecule has 2 aliphatic rings. The first-order valence-electron chi connectivity index (χ1n) is 16.4. The van der Waals surface area contributed by atoms with Gasteiger partial charge in [0.05, 0.1) is 43.9 Å². The molecule has 0 radical (unpaired) electrons. The number of hydrogen-bond donors (Lipinski definition) is 2. The van der Waals surface area contributed by atoms with Gasteiger partial charge in [0.25, 0.3) is 0 Å². The minimum absolute atomic E-state index is 0.0895. The average Bonchev–Trinajstić information content (AvgIpc) is 3.04. The third-order valence-corrected chi connectivity index (χ3v) is 8.46. The van der Waals surface area contributed by atoms with Crippen LogP contribution in [-0.4, -0.2) is 93.6 Å². The molecule has 2 heterocycles. The summed E-state index contributed by atoms with van der Waals surface area (Å²) in [5.74, 6) is 1.15. The van der Waals surface area contributed by atoms with Crippen LogP contribution in [0, 0.1) is 0 Å². The molecule has 0 bridgehead atoms. The van der Waals surface area contributed by atoms with E-state index < -0.39 is 6.03 Å². The van der Waals surface area contributed by atoms with Crippen molar-refractivity contribution in [3.8, 4) is 11.5 Å². The average molecular weight is 645 g/mol. The van der Waals surface area contributed by atoms with Crippen LogP contribution in [0.25, 0.3) is 16.8 Å². The fourth-order valence-corrected chi connectivity index (χ4v) is 6.11. The van der Waals surface area contributed by atoms with Crippen molar-refractivity contribution in [2.75, 3.05) is 70.3 Å². The zero-order valence-electron chi connectivity index (χ0n) is 28.4. The van der Waals surface area contributed by atoms with Gasteiger partial charge in [0.15, 0.2) is 0 Å². The number of fused-ring (bicyclic) bond motifs is 1. The van der Waals surface area contributed by atoms with E-state index >= 15 is 0 Å². The van der Waals surface area contributed by atoms with E-state index in [-0.39, 0.29) is 23.5 Å². The topological polar surface area (TPSA) is 102 Å². The largest absolute Gasteiger partial charge is 0.494 e. The molecular weight excluding hydrogens is 596 g/mol. The molecule has 0 aromatic heterocycles. The Bertz CT molecular complexity index is 1580. The Morgan fingerprint density at radius 1 is 0.957 bits per heavy atom. The quantitative estimate of drug-likeness (QED) is 0.270. The molecule has 2 atom stereocenters. The van der Waals surface area contributed by atoms with Crippen molar-refractivity contribution in [3.63, 3.8) is 0 Å². The molecule has 3 amide bonds. The highest BCUT2D eigenvalue weighted by Crippen LogP contribution is 2.37. The highest BCUT2D eigenvalue weighted by molar-refractivity contribution is 6.08. The zero-order valence-corrected chi connectivity index (χ0v) is 28.4. The Kier molecular flexibility index (Phi) is 11.1. The van der Waals surface area contributed by atoms with Gasteiger partial charge in [0.1, 0.15) is 18.1 Å². The van der Waals surface area contributed by atoms with Gasteiger partial charge >= 0.3 is 6.03 Å². The number of carbonyl (C=O) groups excluding carboxylic acids is 2. The predicted octanol–water partition coefficient (Wildman–Crippen LogP) is 6.15. The molecule has 2 saturated heterocycles. The van der Waals surface area contributed by atoms with E-state index in [4.69, 9.17) is 18.9 Å². The van der Waals surface area contributed by atoms with Crippen LogP contribution >= 0.6 is 0 Å². The molecule has 0 saturated carbocycles. The van der Waals surface area contributed by atoms with Gasteiger partial charge in [-0.25, -0.2) is 4.79 Å². The maximum Gasteiger partial charge on any atom is 0.323 e. The normalized spacial score (nSPS) is 19.1. The first-order valence-corrected chi connectivity index (χ1v) is 16.4. The van der Waals surface area contributed by atoms with Gasteiger partial charge in [-0.1, -0.05) is 45.0 Å². The Labute approximate surface area is 278 Å². The minimum Gasteiger partial charge on any atom is -0.494 e. The molecule has 2 N–H and O–H groups in total. The van der Waals surface area contributed by atoms with Crippen LogP contribution < -0.4 is 20.1 Å². The van der Waals surface area contributed by atoms with E-state index in [0.717, 1.165) is 41.7 Å². The van der Waals surface area contributed by atoms with Crippen molar-refractivity contribution in [3.05, 3.63) is 65.7 Å². The van der Waals surface area contributed by atoms with Crippen LogP contribution in [0.3, 0.4) is 0 Å². The molecule has 0 spiro atoms. The summed E-state index contributed by atoms with van der Waals surface area (Å²) in [6, 6.07) is 15.1. The van der Waals surface area contributed by atoms with Gasteiger partial charge in [-0.05, 0) is 55.2 Å². The second kappa shape index (κ2) is 15.2. The third kappa shape index (κ3) is 8.82. The Balaban J connectivity index is 1.32. The molecule has 5 rings (SSSR count). The highest BCUT2D eigenvalue weighted by Gasteiger charge is 2.23. The fourth-order valence-electron chi connectivity index (χ4n) is 6.11. The number of methoxy groups -OCH3 is 1. The smallest absolute Gasteiger partial charge is 0.323 e. The molecular formula is C37H48N4O6. The van der Waals surface area contributed by atoms with Gasteiger partial charge in [0, 0.05) is 55.1 Å². The lowest BCUT2D eigenvalue weighted by Crippen LogP contribution is -2.46. The first-order chi connectivity index (χ1) is 22.5. The number of urea groups is 1. The SMILES string of the molecule is COc1c(C=CC(=O)N2CCOCC2)cc(C(C)(C)C)cc1NC(=O)Nc1ccc(OCCN2CC(C)OC(C)C2)c2ccccc12. The van der Waals surface area contributed by atoms with Crippen LogP contribution in [-0.2, 0) is 19.7 Å². The molecule has 252 valence electrons. The van der Waals surface area contributed by atoms with E-state index in [1.807, 2.05) is 48.5 Å². The van der Waals surface area contributed by atoms with Crippen LogP contribution in [0.1, 0.15) is 45.7 Å². The number of nitrogens with one attached hydrogen (secondary N) is 2. The number of anilines is 2. The monoisotopic (exact) mass is 644 g/mol. The summed E-state index contributed by atoms with van der Waals surface area (Å²) in [4.78, 5) is 30.5. The number of carbonyl (C=O) groups is 2. The molecule has 2 fully saturated rings. The summed E-state index contributed by atoms with van der Waals surface area (Å²) in [5.41, 5.74) is 2.63. The maximum atomic E-state index is 13.5. The van der Waals surface area contributed by atoms with Crippen LogP contribution in [0.4, 0.5) is 16.2 Å². The number of hydrogen-bond acceptors (Lipinski definition) is 7. The van der Waals surface area contributed by atoms with Crippen molar-refractivity contribution in [2.45, 2.75) is 52.2 Å². The predicted molar refractivity (Wildman–Crippen MR) is 187 cm³/mol. The molecule has 2 unspecified atom stereocenters. The lowest BCUT2D eigenvalue weighted by Gasteiger charge is -2.35. The summed E-state index contributed by atoms with van der Waals surface area (Å²) >= 11 is 0. The Hall–Kier alpha value is -4.12. The van der Waals surface area contributed by atoms with E-state index in [1.54, 1.807) is 24.2 Å². The van der Waals surface area contributed by atoms with Crippen molar-refractivity contribution in [1.82, 2.24) is 9.80 Å². The number of ether oxygens (including phenoxy) is 4. The van der Waals surface area contributed by atoms with Crippen LogP contribution in [0.15, 0.2) is 54.6 Å². The standard InChI is InChI=1S/C37H48N4O6/c1-25-23-40(24-26(2)47-25)15-20-46-33-13-12-31(29-9-7-8-10-30(29)33)38-36(43)39-32-22-28(37(3,4)5)21-27(35(32)44-6)11-14-34(42)41-16-18-45-19-17-41/h7-14,21-22,25-26H,15-20,23-24H2,1-6H3,(H2,38,39,43). The van der Waals surface area contributed by atoms with E-state index in [1.165, 1.54) is 0 Å². The van der Waals surface area contributed by atoms with Crippen molar-refractivity contribution < 1.29 is 28.5 Å². The second-order valence-electron chi connectivity index (χ2n) is 13.3. The highest BCUT2D eigenvalue weighted by atomic mass is 16.5. The number of benzene rings is 3. The summed E-state index contributed by atoms with van der Waals surface area (Å²) in [5, 5.41) is 7.81. The van der Waals surface area contributed by atoms with Gasteiger partial charge in [-0.2, -0.15) is 0 Å². The fraction of sp³-hybridized carbons (Fsp3) is 0.459. The Morgan fingerprint density at radius 2 is 1.64 bits per heavy atom. The molecule has 2 aliphatic heterocycles. The summed E-state index contributed by atoms with van der Waals surface area (Å²) in [6.07, 6.45) is 3.72. The van der Waals surface area contributed by atoms with E-state index in [0.29, 0.717) is 55.6 Å². The van der Waals surface area contributed by atoms with Gasteiger partial charge in [-0.15, -0.1) is 0 Å². The maximum absolute atomic E-state index is 13.5. The van der Waals surface area contributed by atoms with Gasteiger partial charge in [-0.3, -0.25) is 9.69 Å². The molecule has 3 aromatic rings. The summed E-state index contributed by atoms with van der Waals surface area (Å²) in [7, 11) is 1.56. The number of amides is 3. The van der Waals surface area contributed by atoms with Crippen molar-refractivity contribution in [2.24, 2.45) is 0 Å². The van der Waals surface area contributed by atoms with Crippen molar-refractivity contribution >= 4 is 40.2 Å². The second-order valence-corrected chi connectivity index (χ2v) is 13.3. The molecule has 10 heteroatoms. The van der Waals surface area contributed by atoms with Crippen LogP contribution in [0.5, 0.6) is 11.5 Å². The van der Waals surface area contributed by atoms with E-state index in [2.05, 4.69) is 50.2 Å². The molecule has 3 aromatic carbocycles. The van der Waals surface area contributed by atoms with Gasteiger partial charge < -0.3 is 34.5 Å². The van der Waals surface area contributed by atoms with E-state index in [9.17, 15) is 9.59 Å². The number of morpholine rings is 2.